The fourth-order valence-corrected chi connectivity index (χ4v) is 3.29. The molecule has 0 bridgehead atoms. The predicted octanol–water partition coefficient (Wildman–Crippen LogP) is 1.07. The van der Waals surface area contributed by atoms with Crippen LogP contribution in [0.2, 0.25) is 0 Å². The Kier molecular flexibility index (Phi) is 4.32. The minimum atomic E-state index is -4.20. The predicted molar refractivity (Wildman–Crippen MR) is 79.4 cm³/mol. The fourth-order valence-electron chi connectivity index (χ4n) is 1.94. The lowest BCUT2D eigenvalue weighted by molar-refractivity contribution is -0.385. The summed E-state index contributed by atoms with van der Waals surface area (Å²) in [6.07, 6.45) is 0. The largest absolute Gasteiger partial charge is 0.545 e. The average Bonchev–Trinajstić information content (AvgIpc) is 2.47. The van der Waals surface area contributed by atoms with Crippen molar-refractivity contribution in [3.63, 3.8) is 0 Å². The third-order valence-corrected chi connectivity index (χ3v) is 4.57. The summed E-state index contributed by atoms with van der Waals surface area (Å²) in [7, 11) is -4.20. The first-order valence-corrected chi connectivity index (χ1v) is 7.79. The van der Waals surface area contributed by atoms with Crippen LogP contribution in [0.4, 0.5) is 11.4 Å². The molecule has 0 aliphatic heterocycles. The summed E-state index contributed by atoms with van der Waals surface area (Å²) in [4.78, 5) is 20.8. The number of hydrogen-bond acceptors (Lipinski definition) is 6. The third-order valence-electron chi connectivity index (χ3n) is 3.06. The number of nitrogens with zero attached hydrogens (tertiary/aromatic N) is 1. The Labute approximate surface area is 131 Å². The molecule has 0 heterocycles. The van der Waals surface area contributed by atoms with Crippen LogP contribution in [0.15, 0.2) is 47.4 Å². The molecule has 0 spiro atoms. The summed E-state index contributed by atoms with van der Waals surface area (Å²) in [6, 6.07) is 8.72. The number of nitro groups is 1. The maximum Gasteiger partial charge on any atom is 0.270 e. The van der Waals surface area contributed by atoms with Gasteiger partial charge in [-0.3, -0.25) is 14.8 Å². The highest BCUT2D eigenvalue weighted by Crippen LogP contribution is 2.25. The van der Waals surface area contributed by atoms with Crippen molar-refractivity contribution in [2.24, 2.45) is 0 Å². The summed E-state index contributed by atoms with van der Waals surface area (Å²) in [5.74, 6) is -1.54. The van der Waals surface area contributed by atoms with Gasteiger partial charge in [-0.1, -0.05) is 24.3 Å². The SMILES string of the molecule is Cc1ccc([N+](=O)[O-])cc1S(=O)(=O)Nc1ccccc1C(=O)[O-]. The lowest BCUT2D eigenvalue weighted by Gasteiger charge is -2.14. The van der Waals surface area contributed by atoms with Crippen molar-refractivity contribution in [3.8, 4) is 0 Å². The zero-order valence-corrected chi connectivity index (χ0v) is 12.7. The Morgan fingerprint density at radius 1 is 1.17 bits per heavy atom. The molecule has 0 unspecified atom stereocenters. The molecule has 0 fully saturated rings. The standard InChI is InChI=1S/C14H12N2O6S/c1-9-6-7-10(16(19)20)8-13(9)23(21,22)15-12-5-3-2-4-11(12)14(17)18/h2-8,15H,1H3,(H,17,18)/p-1. The lowest BCUT2D eigenvalue weighted by atomic mass is 10.2. The third kappa shape index (κ3) is 3.46. The summed E-state index contributed by atoms with van der Waals surface area (Å²) in [5.41, 5.74) is -0.615. The molecule has 0 saturated heterocycles. The minimum Gasteiger partial charge on any atom is -0.545 e. The number of benzene rings is 2. The van der Waals surface area contributed by atoms with Gasteiger partial charge in [0.1, 0.15) is 0 Å². The van der Waals surface area contributed by atoms with Crippen LogP contribution in [0.25, 0.3) is 0 Å². The Balaban J connectivity index is 2.50. The molecule has 0 saturated carbocycles. The van der Waals surface area contributed by atoms with Crippen molar-refractivity contribution in [1.29, 1.82) is 0 Å². The van der Waals surface area contributed by atoms with Crippen molar-refractivity contribution in [2.45, 2.75) is 11.8 Å². The van der Waals surface area contributed by atoms with E-state index >= 15 is 0 Å². The van der Waals surface area contributed by atoms with Crippen LogP contribution >= 0.6 is 0 Å². The zero-order valence-electron chi connectivity index (χ0n) is 11.8. The van der Waals surface area contributed by atoms with Crippen molar-refractivity contribution in [1.82, 2.24) is 0 Å². The number of carbonyl (C=O) groups is 1. The number of carboxylic acid groups (broad SMARTS) is 1. The van der Waals surface area contributed by atoms with Gasteiger partial charge >= 0.3 is 0 Å². The molecule has 2 rings (SSSR count). The van der Waals surface area contributed by atoms with Crippen LogP contribution in [0.5, 0.6) is 0 Å². The molecular formula is C14H11N2O6S-. The molecule has 0 amide bonds. The number of para-hydroxylation sites is 1. The number of aryl methyl sites for hydroxylation is 1. The van der Waals surface area contributed by atoms with E-state index in [2.05, 4.69) is 4.72 Å². The molecule has 1 N–H and O–H groups in total. The van der Waals surface area contributed by atoms with Crippen LogP contribution in [0.3, 0.4) is 0 Å². The second kappa shape index (κ2) is 6.05. The highest BCUT2D eigenvalue weighted by atomic mass is 32.2. The number of rotatable bonds is 5. The number of carboxylic acids is 1. The van der Waals surface area contributed by atoms with E-state index in [1.165, 1.54) is 43.3 Å². The monoisotopic (exact) mass is 335 g/mol. The van der Waals surface area contributed by atoms with Gasteiger partial charge in [-0.25, -0.2) is 8.42 Å². The summed E-state index contributed by atoms with van der Waals surface area (Å²) in [6.45, 7) is 1.48. The van der Waals surface area contributed by atoms with Crippen LogP contribution in [0, 0.1) is 17.0 Å². The number of carbonyl (C=O) groups excluding carboxylic acids is 1. The fraction of sp³-hybridized carbons (Fsp3) is 0.0714. The molecular weight excluding hydrogens is 324 g/mol. The first kappa shape index (κ1) is 16.4. The summed E-state index contributed by atoms with van der Waals surface area (Å²) in [5, 5.41) is 21.8. The van der Waals surface area contributed by atoms with Gasteiger partial charge in [0.2, 0.25) is 0 Å². The number of sulfonamides is 1. The van der Waals surface area contributed by atoms with E-state index in [0.717, 1.165) is 6.07 Å². The maximum absolute atomic E-state index is 12.4. The summed E-state index contributed by atoms with van der Waals surface area (Å²) < 4.78 is 27.0. The van der Waals surface area contributed by atoms with Gasteiger partial charge in [0.15, 0.2) is 0 Å². The van der Waals surface area contributed by atoms with E-state index in [9.17, 15) is 28.4 Å². The van der Waals surface area contributed by atoms with E-state index in [-0.39, 0.29) is 27.4 Å². The molecule has 0 aliphatic carbocycles. The molecule has 0 radical (unpaired) electrons. The van der Waals surface area contributed by atoms with E-state index < -0.39 is 20.9 Å². The van der Waals surface area contributed by atoms with E-state index in [1.807, 2.05) is 0 Å². The second-order valence-corrected chi connectivity index (χ2v) is 6.30. The van der Waals surface area contributed by atoms with Gasteiger partial charge in [0.25, 0.3) is 15.7 Å². The second-order valence-electron chi connectivity index (χ2n) is 4.65. The highest BCUT2D eigenvalue weighted by molar-refractivity contribution is 7.92. The van der Waals surface area contributed by atoms with Gasteiger partial charge < -0.3 is 9.90 Å². The molecule has 2 aromatic carbocycles. The van der Waals surface area contributed by atoms with Crippen molar-refractivity contribution in [2.75, 3.05) is 4.72 Å². The Morgan fingerprint density at radius 3 is 2.43 bits per heavy atom. The van der Waals surface area contributed by atoms with Crippen LogP contribution in [-0.4, -0.2) is 19.3 Å². The topological polar surface area (TPSA) is 129 Å². The van der Waals surface area contributed by atoms with E-state index in [4.69, 9.17) is 0 Å². The van der Waals surface area contributed by atoms with Crippen LogP contribution in [-0.2, 0) is 10.0 Å². The number of nitrogens with one attached hydrogen (secondary N) is 1. The molecule has 120 valence electrons. The van der Waals surface area contributed by atoms with Crippen molar-refractivity contribution in [3.05, 3.63) is 63.7 Å². The Morgan fingerprint density at radius 2 is 1.83 bits per heavy atom. The number of hydrogen-bond donors (Lipinski definition) is 1. The molecule has 0 aromatic heterocycles. The molecule has 8 nitrogen and oxygen atoms in total. The smallest absolute Gasteiger partial charge is 0.270 e. The minimum absolute atomic E-state index is 0.182. The summed E-state index contributed by atoms with van der Waals surface area (Å²) >= 11 is 0. The van der Waals surface area contributed by atoms with Crippen LogP contribution in [0.1, 0.15) is 15.9 Å². The molecule has 9 heteroatoms. The molecule has 2 aromatic rings. The number of aromatic carboxylic acids is 1. The van der Waals surface area contributed by atoms with Crippen LogP contribution < -0.4 is 9.83 Å². The Bertz CT molecular complexity index is 892. The van der Waals surface area contributed by atoms with E-state index in [1.54, 1.807) is 0 Å². The number of anilines is 1. The lowest BCUT2D eigenvalue weighted by Crippen LogP contribution is -2.25. The molecule has 0 aliphatic rings. The average molecular weight is 335 g/mol. The molecule has 23 heavy (non-hydrogen) atoms. The quantitative estimate of drug-likeness (QED) is 0.642. The number of nitro benzene ring substituents is 1. The van der Waals surface area contributed by atoms with Crippen molar-refractivity contribution >= 4 is 27.4 Å². The maximum atomic E-state index is 12.4. The normalized spacial score (nSPS) is 11.0. The van der Waals surface area contributed by atoms with Gasteiger partial charge in [0.05, 0.1) is 21.5 Å². The highest BCUT2D eigenvalue weighted by Gasteiger charge is 2.21. The number of non-ortho nitro benzene ring substituents is 1. The first-order valence-electron chi connectivity index (χ1n) is 6.30. The van der Waals surface area contributed by atoms with Gasteiger partial charge in [-0.2, -0.15) is 0 Å². The van der Waals surface area contributed by atoms with E-state index in [0.29, 0.717) is 0 Å². The Hall–Kier alpha value is -2.94. The van der Waals surface area contributed by atoms with Gasteiger partial charge in [-0.15, -0.1) is 0 Å². The zero-order chi connectivity index (χ0) is 17.2. The van der Waals surface area contributed by atoms with Gasteiger partial charge in [-0.05, 0) is 18.6 Å². The van der Waals surface area contributed by atoms with Crippen molar-refractivity contribution < 1.29 is 23.2 Å². The first-order chi connectivity index (χ1) is 10.7. The molecule has 0 atom stereocenters. The van der Waals surface area contributed by atoms with Gasteiger partial charge in [0, 0.05) is 17.7 Å².